The second kappa shape index (κ2) is 5.17. The van der Waals surface area contributed by atoms with Gasteiger partial charge in [0.25, 0.3) is 5.91 Å². The molecule has 19 heavy (non-hydrogen) atoms. The van der Waals surface area contributed by atoms with Gasteiger partial charge in [0.2, 0.25) is 0 Å². The van der Waals surface area contributed by atoms with Gasteiger partial charge in [0.1, 0.15) is 17.5 Å². The third-order valence-corrected chi connectivity index (χ3v) is 3.20. The van der Waals surface area contributed by atoms with Gasteiger partial charge < -0.3 is 19.8 Å². The van der Waals surface area contributed by atoms with E-state index in [4.69, 9.17) is 0 Å². The van der Waals surface area contributed by atoms with Gasteiger partial charge in [-0.15, -0.1) is 0 Å². The maximum atomic E-state index is 12.3. The van der Waals surface area contributed by atoms with Crippen LogP contribution < -0.4 is 0 Å². The van der Waals surface area contributed by atoms with Crippen molar-refractivity contribution in [3.63, 3.8) is 0 Å². The fourth-order valence-corrected chi connectivity index (χ4v) is 2.25. The molecule has 6 heteroatoms. The van der Waals surface area contributed by atoms with Crippen LogP contribution in [0.15, 0.2) is 18.2 Å². The predicted octanol–water partition coefficient (Wildman–Crippen LogP) is 0.875. The minimum Gasteiger partial charge on any atom is -0.508 e. The van der Waals surface area contributed by atoms with E-state index in [0.717, 1.165) is 6.07 Å². The second-order valence-corrected chi connectivity index (χ2v) is 4.38. The molecule has 0 spiro atoms. The Balaban J connectivity index is 2.25. The second-order valence-electron chi connectivity index (χ2n) is 4.38. The lowest BCUT2D eigenvalue weighted by Crippen LogP contribution is -2.41. The van der Waals surface area contributed by atoms with Crippen LogP contribution in [0.1, 0.15) is 23.2 Å². The van der Waals surface area contributed by atoms with Gasteiger partial charge in [-0.1, -0.05) is 0 Å². The Morgan fingerprint density at radius 3 is 2.74 bits per heavy atom. The third kappa shape index (κ3) is 2.47. The molecule has 1 atom stereocenters. The number of aromatic hydroxyl groups is 2. The van der Waals surface area contributed by atoms with Crippen molar-refractivity contribution >= 4 is 11.9 Å². The highest BCUT2D eigenvalue weighted by molar-refractivity contribution is 5.99. The summed E-state index contributed by atoms with van der Waals surface area (Å²) in [7, 11) is 1.28. The molecule has 1 fully saturated rings. The van der Waals surface area contributed by atoms with Crippen LogP contribution in [0.4, 0.5) is 0 Å². The van der Waals surface area contributed by atoms with Gasteiger partial charge in [-0.3, -0.25) is 4.79 Å². The van der Waals surface area contributed by atoms with E-state index in [9.17, 15) is 19.8 Å². The Hall–Kier alpha value is -2.24. The summed E-state index contributed by atoms with van der Waals surface area (Å²) < 4.78 is 4.66. The lowest BCUT2D eigenvalue weighted by Gasteiger charge is -2.23. The maximum absolute atomic E-state index is 12.3. The number of benzene rings is 1. The number of nitrogens with zero attached hydrogens (tertiary/aromatic N) is 1. The van der Waals surface area contributed by atoms with E-state index in [1.54, 1.807) is 0 Å². The molecule has 0 saturated carbocycles. The number of hydrogen-bond donors (Lipinski definition) is 2. The number of likely N-dealkylation sites (tertiary alicyclic amines) is 1. The minimum atomic E-state index is -0.606. The van der Waals surface area contributed by atoms with E-state index in [-0.39, 0.29) is 17.1 Å². The Kier molecular flexibility index (Phi) is 3.59. The van der Waals surface area contributed by atoms with Gasteiger partial charge in [0.15, 0.2) is 0 Å². The number of methoxy groups -OCH3 is 1. The molecule has 2 N–H and O–H groups in total. The molecule has 6 nitrogen and oxygen atoms in total. The molecule has 1 aliphatic rings. The molecule has 1 aliphatic heterocycles. The van der Waals surface area contributed by atoms with Crippen molar-refractivity contribution in [1.82, 2.24) is 4.90 Å². The highest BCUT2D eigenvalue weighted by Gasteiger charge is 2.36. The van der Waals surface area contributed by atoms with Crippen molar-refractivity contribution in [2.24, 2.45) is 0 Å². The largest absolute Gasteiger partial charge is 0.508 e. The summed E-state index contributed by atoms with van der Waals surface area (Å²) in [5.41, 5.74) is 0.0635. The lowest BCUT2D eigenvalue weighted by atomic mass is 10.1. The molecule has 2 rings (SSSR count). The molecule has 1 amide bonds. The average Bonchev–Trinajstić information content (AvgIpc) is 2.86. The zero-order valence-corrected chi connectivity index (χ0v) is 10.5. The van der Waals surface area contributed by atoms with E-state index < -0.39 is 17.9 Å². The van der Waals surface area contributed by atoms with Gasteiger partial charge >= 0.3 is 5.97 Å². The molecule has 1 unspecified atom stereocenters. The summed E-state index contributed by atoms with van der Waals surface area (Å²) in [6.45, 7) is 0.443. The first-order valence-electron chi connectivity index (χ1n) is 5.95. The van der Waals surface area contributed by atoms with Crippen LogP contribution in [0.2, 0.25) is 0 Å². The minimum absolute atomic E-state index is 0.0635. The summed E-state index contributed by atoms with van der Waals surface area (Å²) >= 11 is 0. The molecule has 102 valence electrons. The molecule has 1 aromatic carbocycles. The zero-order valence-electron chi connectivity index (χ0n) is 10.5. The fraction of sp³-hybridized carbons (Fsp3) is 0.385. The number of ether oxygens (including phenoxy) is 1. The lowest BCUT2D eigenvalue weighted by molar-refractivity contribution is -0.145. The van der Waals surface area contributed by atoms with E-state index >= 15 is 0 Å². The Bertz CT molecular complexity index is 514. The first-order chi connectivity index (χ1) is 9.04. The summed E-state index contributed by atoms with van der Waals surface area (Å²) in [6, 6.07) is 3.14. The Morgan fingerprint density at radius 1 is 1.37 bits per heavy atom. The standard InChI is InChI=1S/C13H15NO5/c1-19-13(18)10-3-2-6-14(10)12(17)9-5-4-8(15)7-11(9)16/h4-5,7,10,15-16H,2-3,6H2,1H3. The van der Waals surface area contributed by atoms with E-state index in [0.29, 0.717) is 19.4 Å². The van der Waals surface area contributed by atoms with Gasteiger partial charge in [0.05, 0.1) is 12.7 Å². The summed E-state index contributed by atoms with van der Waals surface area (Å²) in [6.07, 6.45) is 1.27. The topological polar surface area (TPSA) is 87.1 Å². The van der Waals surface area contributed by atoms with Gasteiger partial charge in [-0.25, -0.2) is 4.79 Å². The van der Waals surface area contributed by atoms with Crippen molar-refractivity contribution < 1.29 is 24.5 Å². The van der Waals surface area contributed by atoms with Crippen molar-refractivity contribution in [1.29, 1.82) is 0 Å². The first kappa shape index (κ1) is 13.2. The van der Waals surface area contributed by atoms with Crippen LogP contribution in [0.3, 0.4) is 0 Å². The monoisotopic (exact) mass is 265 g/mol. The normalized spacial score (nSPS) is 18.4. The number of amides is 1. The number of esters is 1. The molecule has 1 aromatic rings. The molecule has 0 bridgehead atoms. The van der Waals surface area contributed by atoms with Crippen LogP contribution in [0.5, 0.6) is 11.5 Å². The molecule has 1 saturated heterocycles. The Labute approximate surface area is 110 Å². The van der Waals surface area contributed by atoms with E-state index in [1.807, 2.05) is 0 Å². The summed E-state index contributed by atoms with van der Waals surface area (Å²) in [5, 5.41) is 18.9. The quantitative estimate of drug-likeness (QED) is 0.775. The van der Waals surface area contributed by atoms with E-state index in [2.05, 4.69) is 4.74 Å². The van der Waals surface area contributed by atoms with Crippen molar-refractivity contribution in [3.05, 3.63) is 23.8 Å². The van der Waals surface area contributed by atoms with Crippen LogP contribution in [0.25, 0.3) is 0 Å². The SMILES string of the molecule is COC(=O)C1CCCN1C(=O)c1ccc(O)cc1O. The number of phenols is 2. The number of hydrogen-bond acceptors (Lipinski definition) is 5. The average molecular weight is 265 g/mol. The predicted molar refractivity (Wildman–Crippen MR) is 65.8 cm³/mol. The molecule has 0 aromatic heterocycles. The molecule has 0 radical (unpaired) electrons. The molecular formula is C13H15NO5. The number of carbonyl (C=O) groups is 2. The third-order valence-electron chi connectivity index (χ3n) is 3.20. The molecule has 1 heterocycles. The summed E-state index contributed by atoms with van der Waals surface area (Å²) in [5.74, 6) is -1.32. The fourth-order valence-electron chi connectivity index (χ4n) is 2.25. The van der Waals surface area contributed by atoms with Gasteiger partial charge in [-0.2, -0.15) is 0 Å². The summed E-state index contributed by atoms with van der Waals surface area (Å²) in [4.78, 5) is 25.3. The van der Waals surface area contributed by atoms with Crippen LogP contribution in [-0.4, -0.2) is 46.7 Å². The van der Waals surface area contributed by atoms with Crippen LogP contribution in [0, 0.1) is 0 Å². The van der Waals surface area contributed by atoms with E-state index in [1.165, 1.54) is 24.1 Å². The van der Waals surface area contributed by atoms with Gasteiger partial charge in [0, 0.05) is 12.6 Å². The Morgan fingerprint density at radius 2 is 2.11 bits per heavy atom. The number of carbonyl (C=O) groups excluding carboxylic acids is 2. The number of rotatable bonds is 2. The number of phenolic OH excluding ortho intramolecular Hbond substituents is 2. The van der Waals surface area contributed by atoms with Crippen molar-refractivity contribution in [2.45, 2.75) is 18.9 Å². The first-order valence-corrected chi connectivity index (χ1v) is 5.95. The zero-order chi connectivity index (χ0) is 14.0. The van der Waals surface area contributed by atoms with Crippen molar-refractivity contribution in [2.75, 3.05) is 13.7 Å². The van der Waals surface area contributed by atoms with Crippen molar-refractivity contribution in [3.8, 4) is 11.5 Å². The molecule has 0 aliphatic carbocycles. The highest BCUT2D eigenvalue weighted by atomic mass is 16.5. The van der Waals surface area contributed by atoms with Crippen LogP contribution in [-0.2, 0) is 9.53 Å². The maximum Gasteiger partial charge on any atom is 0.328 e. The molecular weight excluding hydrogens is 250 g/mol. The van der Waals surface area contributed by atoms with Crippen LogP contribution >= 0.6 is 0 Å². The smallest absolute Gasteiger partial charge is 0.328 e. The van der Waals surface area contributed by atoms with Gasteiger partial charge in [-0.05, 0) is 25.0 Å². The highest BCUT2D eigenvalue weighted by Crippen LogP contribution is 2.27.